The van der Waals surface area contributed by atoms with Crippen LogP contribution in [0.1, 0.15) is 6.92 Å². The summed E-state index contributed by atoms with van der Waals surface area (Å²) < 4.78 is 4.71. The van der Waals surface area contributed by atoms with E-state index < -0.39 is 0 Å². The molecule has 1 N–H and O–H groups in total. The summed E-state index contributed by atoms with van der Waals surface area (Å²) in [6.45, 7) is 1.78. The zero-order chi connectivity index (χ0) is 12.4. The number of imidazole rings is 1. The second kappa shape index (κ2) is 4.45. The molecule has 0 spiro atoms. The van der Waals surface area contributed by atoms with E-state index in [0.29, 0.717) is 5.95 Å². The number of hydrogen-bond acceptors (Lipinski definition) is 4. The second-order valence-electron chi connectivity index (χ2n) is 3.89. The number of fused-ring (bicyclic) bond motifs is 1. The van der Waals surface area contributed by atoms with E-state index in [4.69, 9.17) is 4.74 Å². The number of aromatic amines is 1. The molecule has 0 saturated heterocycles. The van der Waals surface area contributed by atoms with Gasteiger partial charge < -0.3 is 14.6 Å². The van der Waals surface area contributed by atoms with Gasteiger partial charge >= 0.3 is 5.97 Å². The summed E-state index contributed by atoms with van der Waals surface area (Å²) in [5, 5.41) is 0. The fraction of sp³-hybridized carbons (Fsp3) is 0.333. The van der Waals surface area contributed by atoms with Crippen molar-refractivity contribution in [2.75, 3.05) is 19.1 Å². The van der Waals surface area contributed by atoms with E-state index in [0.717, 1.165) is 11.0 Å². The average molecular weight is 233 g/mol. The van der Waals surface area contributed by atoms with Crippen LogP contribution >= 0.6 is 0 Å². The lowest BCUT2D eigenvalue weighted by molar-refractivity contribution is -0.141. The van der Waals surface area contributed by atoms with Crippen molar-refractivity contribution in [3.63, 3.8) is 0 Å². The Kier molecular flexibility index (Phi) is 2.99. The van der Waals surface area contributed by atoms with Crippen LogP contribution in [0, 0.1) is 0 Å². The number of anilines is 1. The summed E-state index contributed by atoms with van der Waals surface area (Å²) in [7, 11) is 3.19. The van der Waals surface area contributed by atoms with Crippen LogP contribution < -0.4 is 4.90 Å². The molecule has 0 amide bonds. The first kappa shape index (κ1) is 11.4. The maximum atomic E-state index is 11.4. The van der Waals surface area contributed by atoms with Crippen LogP contribution in [0.4, 0.5) is 5.95 Å². The van der Waals surface area contributed by atoms with Gasteiger partial charge in [-0.15, -0.1) is 0 Å². The summed E-state index contributed by atoms with van der Waals surface area (Å²) >= 11 is 0. The Morgan fingerprint density at radius 1 is 1.47 bits per heavy atom. The molecule has 1 atom stereocenters. The summed E-state index contributed by atoms with van der Waals surface area (Å²) in [5.41, 5.74) is 1.83. The Morgan fingerprint density at radius 2 is 2.18 bits per heavy atom. The predicted octanol–water partition coefficient (Wildman–Crippen LogP) is 1.56. The summed E-state index contributed by atoms with van der Waals surface area (Å²) in [6.07, 6.45) is 0. The van der Waals surface area contributed by atoms with E-state index in [1.165, 1.54) is 7.11 Å². The molecule has 17 heavy (non-hydrogen) atoms. The molecule has 0 aliphatic carbocycles. The summed E-state index contributed by atoms with van der Waals surface area (Å²) in [5.74, 6) is 0.372. The zero-order valence-electron chi connectivity index (χ0n) is 10.1. The molecule has 2 rings (SSSR count). The molecule has 2 aromatic rings. The quantitative estimate of drug-likeness (QED) is 0.817. The van der Waals surface area contributed by atoms with Crippen molar-refractivity contribution in [1.82, 2.24) is 9.97 Å². The van der Waals surface area contributed by atoms with Crippen LogP contribution in [0.15, 0.2) is 24.3 Å². The number of benzene rings is 1. The maximum absolute atomic E-state index is 11.4. The van der Waals surface area contributed by atoms with Crippen molar-refractivity contribution in [1.29, 1.82) is 0 Å². The first-order chi connectivity index (χ1) is 8.13. The third-order valence-corrected chi connectivity index (χ3v) is 2.83. The molecule has 90 valence electrons. The summed E-state index contributed by atoms with van der Waals surface area (Å²) in [4.78, 5) is 20.8. The number of esters is 1. The van der Waals surface area contributed by atoms with E-state index in [1.807, 2.05) is 24.3 Å². The van der Waals surface area contributed by atoms with Gasteiger partial charge in [0.05, 0.1) is 18.1 Å². The fourth-order valence-electron chi connectivity index (χ4n) is 1.62. The first-order valence-corrected chi connectivity index (χ1v) is 5.39. The minimum absolute atomic E-state index is 0.284. The highest BCUT2D eigenvalue weighted by Crippen LogP contribution is 2.17. The topological polar surface area (TPSA) is 58.2 Å². The highest BCUT2D eigenvalue weighted by molar-refractivity contribution is 5.81. The SMILES string of the molecule is COC(=O)[C@H](C)N(C)c1nc2ccccc2[nH]1. The molecule has 0 fully saturated rings. The molecule has 0 radical (unpaired) electrons. The van der Waals surface area contributed by atoms with Crippen LogP contribution in [-0.4, -0.2) is 36.1 Å². The number of para-hydroxylation sites is 2. The van der Waals surface area contributed by atoms with Crippen molar-refractivity contribution in [2.24, 2.45) is 0 Å². The van der Waals surface area contributed by atoms with Crippen LogP contribution in [0.2, 0.25) is 0 Å². The zero-order valence-corrected chi connectivity index (χ0v) is 10.1. The number of H-pyrrole nitrogens is 1. The fourth-order valence-corrected chi connectivity index (χ4v) is 1.62. The molecule has 0 unspecified atom stereocenters. The van der Waals surface area contributed by atoms with Crippen LogP contribution in [0.25, 0.3) is 11.0 Å². The minimum Gasteiger partial charge on any atom is -0.467 e. The first-order valence-electron chi connectivity index (χ1n) is 5.39. The second-order valence-corrected chi connectivity index (χ2v) is 3.89. The number of likely N-dealkylation sites (N-methyl/N-ethyl adjacent to an activating group) is 1. The number of nitrogens with zero attached hydrogens (tertiary/aromatic N) is 2. The number of methoxy groups -OCH3 is 1. The molecule has 5 nitrogen and oxygen atoms in total. The molecule has 0 aliphatic heterocycles. The monoisotopic (exact) mass is 233 g/mol. The standard InChI is InChI=1S/C12H15N3O2/c1-8(11(16)17-3)15(2)12-13-9-6-4-5-7-10(9)14-12/h4-8H,1-3H3,(H,13,14)/t8-/m0/s1. The number of aromatic nitrogens is 2. The molecular formula is C12H15N3O2. The third-order valence-electron chi connectivity index (χ3n) is 2.83. The van der Waals surface area contributed by atoms with E-state index in [2.05, 4.69) is 9.97 Å². The number of carbonyl (C=O) groups excluding carboxylic acids is 1. The Labute approximate surface area is 99.4 Å². The average Bonchev–Trinajstić information content (AvgIpc) is 2.79. The number of nitrogens with one attached hydrogen (secondary N) is 1. The smallest absolute Gasteiger partial charge is 0.328 e. The maximum Gasteiger partial charge on any atom is 0.328 e. The predicted molar refractivity (Wildman–Crippen MR) is 66.0 cm³/mol. The van der Waals surface area contributed by atoms with Crippen molar-refractivity contribution < 1.29 is 9.53 Å². The van der Waals surface area contributed by atoms with Gasteiger partial charge in [-0.05, 0) is 19.1 Å². The normalized spacial score (nSPS) is 12.4. The highest BCUT2D eigenvalue weighted by Gasteiger charge is 2.21. The van der Waals surface area contributed by atoms with Crippen molar-refractivity contribution in [3.8, 4) is 0 Å². The van der Waals surface area contributed by atoms with Gasteiger partial charge in [-0.2, -0.15) is 0 Å². The van der Waals surface area contributed by atoms with Gasteiger partial charge in [0, 0.05) is 7.05 Å². The van der Waals surface area contributed by atoms with Gasteiger partial charge in [-0.3, -0.25) is 0 Å². The van der Waals surface area contributed by atoms with Crippen LogP contribution in [0.3, 0.4) is 0 Å². The largest absolute Gasteiger partial charge is 0.467 e. The molecule has 5 heteroatoms. The van der Waals surface area contributed by atoms with Crippen LogP contribution in [0.5, 0.6) is 0 Å². The van der Waals surface area contributed by atoms with Crippen molar-refractivity contribution in [3.05, 3.63) is 24.3 Å². The lowest BCUT2D eigenvalue weighted by Crippen LogP contribution is -2.37. The Bertz CT molecular complexity index is 502. The summed E-state index contributed by atoms with van der Waals surface area (Å²) in [6, 6.07) is 7.36. The molecule has 1 heterocycles. The molecule has 1 aromatic heterocycles. The van der Waals surface area contributed by atoms with Crippen molar-refractivity contribution >= 4 is 23.0 Å². The van der Waals surface area contributed by atoms with Gasteiger partial charge in [-0.25, -0.2) is 9.78 Å². The van der Waals surface area contributed by atoms with E-state index in [-0.39, 0.29) is 12.0 Å². The molecule has 0 saturated carbocycles. The van der Waals surface area contributed by atoms with E-state index >= 15 is 0 Å². The number of rotatable bonds is 3. The Balaban J connectivity index is 2.30. The molecule has 0 aliphatic rings. The van der Waals surface area contributed by atoms with Gasteiger partial charge in [0.15, 0.2) is 0 Å². The Morgan fingerprint density at radius 3 is 2.82 bits per heavy atom. The lowest BCUT2D eigenvalue weighted by Gasteiger charge is -2.21. The van der Waals surface area contributed by atoms with Crippen LogP contribution in [-0.2, 0) is 9.53 Å². The third kappa shape index (κ3) is 2.08. The van der Waals surface area contributed by atoms with Gasteiger partial charge in [0.25, 0.3) is 0 Å². The molecular weight excluding hydrogens is 218 g/mol. The highest BCUT2D eigenvalue weighted by atomic mass is 16.5. The molecule has 1 aromatic carbocycles. The molecule has 0 bridgehead atoms. The van der Waals surface area contributed by atoms with Gasteiger partial charge in [0.2, 0.25) is 5.95 Å². The van der Waals surface area contributed by atoms with Gasteiger partial charge in [0.1, 0.15) is 6.04 Å². The Hall–Kier alpha value is -2.04. The van der Waals surface area contributed by atoms with Crippen molar-refractivity contribution in [2.45, 2.75) is 13.0 Å². The minimum atomic E-state index is -0.374. The van der Waals surface area contributed by atoms with E-state index in [1.54, 1.807) is 18.9 Å². The lowest BCUT2D eigenvalue weighted by atomic mass is 10.3. The number of hydrogen-bond donors (Lipinski definition) is 1. The number of ether oxygens (including phenoxy) is 1. The van der Waals surface area contributed by atoms with Gasteiger partial charge in [-0.1, -0.05) is 12.1 Å². The van der Waals surface area contributed by atoms with E-state index in [9.17, 15) is 4.79 Å². The number of carbonyl (C=O) groups is 1.